The van der Waals surface area contributed by atoms with Gasteiger partial charge in [0.05, 0.1) is 5.69 Å². The van der Waals surface area contributed by atoms with E-state index in [1.165, 1.54) is 16.4 Å². The zero-order valence-electron chi connectivity index (χ0n) is 16.6. The van der Waals surface area contributed by atoms with Crippen LogP contribution < -0.4 is 10.9 Å². The highest BCUT2D eigenvalue weighted by atomic mass is 35.5. The lowest BCUT2D eigenvalue weighted by atomic mass is 10.1. The molecule has 0 atom stereocenters. The zero-order chi connectivity index (χ0) is 21.3. The number of aromatic nitrogens is 4. The molecule has 0 unspecified atom stereocenters. The minimum atomic E-state index is -0.389. The molecule has 30 heavy (non-hydrogen) atoms. The fraction of sp³-hybridized carbons (Fsp3) is 0.182. The SMILES string of the molecule is CCc1ccc(-c2cc3c(=O)n(CC(=O)Nc4cc(Cl)ccc4C)ncn3n2)cc1. The summed E-state index contributed by atoms with van der Waals surface area (Å²) in [5.41, 5.74) is 4.25. The lowest BCUT2D eigenvalue weighted by molar-refractivity contribution is -0.117. The molecule has 0 aliphatic carbocycles. The zero-order valence-corrected chi connectivity index (χ0v) is 17.3. The van der Waals surface area contributed by atoms with Crippen molar-refractivity contribution < 1.29 is 4.79 Å². The average Bonchev–Trinajstić information content (AvgIpc) is 3.18. The van der Waals surface area contributed by atoms with Gasteiger partial charge in [-0.3, -0.25) is 9.59 Å². The molecule has 2 aromatic carbocycles. The molecule has 2 aromatic heterocycles. The van der Waals surface area contributed by atoms with Crippen molar-refractivity contribution in [2.24, 2.45) is 0 Å². The summed E-state index contributed by atoms with van der Waals surface area (Å²) in [6.45, 7) is 3.74. The van der Waals surface area contributed by atoms with Crippen LogP contribution in [0.2, 0.25) is 5.02 Å². The van der Waals surface area contributed by atoms with Crippen LogP contribution in [-0.4, -0.2) is 25.3 Å². The molecule has 4 aromatic rings. The van der Waals surface area contributed by atoms with Gasteiger partial charge in [0.25, 0.3) is 5.56 Å². The normalized spacial score (nSPS) is 11.0. The van der Waals surface area contributed by atoms with E-state index in [1.54, 1.807) is 18.2 Å². The van der Waals surface area contributed by atoms with Gasteiger partial charge in [0.2, 0.25) is 5.91 Å². The van der Waals surface area contributed by atoms with Gasteiger partial charge < -0.3 is 5.32 Å². The van der Waals surface area contributed by atoms with E-state index in [0.29, 0.717) is 21.9 Å². The summed E-state index contributed by atoms with van der Waals surface area (Å²) in [4.78, 5) is 25.3. The van der Waals surface area contributed by atoms with Gasteiger partial charge in [0, 0.05) is 16.3 Å². The number of anilines is 1. The molecule has 4 rings (SSSR count). The summed E-state index contributed by atoms with van der Waals surface area (Å²) in [5, 5.41) is 11.8. The van der Waals surface area contributed by atoms with Crippen molar-refractivity contribution in [2.75, 3.05) is 5.32 Å². The third-order valence-corrected chi connectivity index (χ3v) is 5.15. The number of hydrogen-bond donors (Lipinski definition) is 1. The van der Waals surface area contributed by atoms with Gasteiger partial charge in [-0.25, -0.2) is 9.20 Å². The molecule has 7 nitrogen and oxygen atoms in total. The van der Waals surface area contributed by atoms with Gasteiger partial charge >= 0.3 is 0 Å². The molecule has 0 fully saturated rings. The minimum absolute atomic E-state index is 0.215. The Labute approximate surface area is 177 Å². The van der Waals surface area contributed by atoms with E-state index >= 15 is 0 Å². The van der Waals surface area contributed by atoms with E-state index in [-0.39, 0.29) is 18.0 Å². The van der Waals surface area contributed by atoms with Crippen LogP contribution in [0.5, 0.6) is 0 Å². The maximum atomic E-state index is 12.8. The number of fused-ring (bicyclic) bond motifs is 1. The third-order valence-electron chi connectivity index (χ3n) is 4.91. The number of rotatable bonds is 5. The highest BCUT2D eigenvalue weighted by molar-refractivity contribution is 6.31. The molecular formula is C22H20ClN5O2. The van der Waals surface area contributed by atoms with Crippen LogP contribution >= 0.6 is 11.6 Å². The summed E-state index contributed by atoms with van der Waals surface area (Å²) >= 11 is 5.99. The number of carbonyl (C=O) groups is 1. The van der Waals surface area contributed by atoms with E-state index < -0.39 is 0 Å². The van der Waals surface area contributed by atoms with Crippen LogP contribution in [0.1, 0.15) is 18.1 Å². The van der Waals surface area contributed by atoms with Crippen LogP contribution in [0.3, 0.4) is 0 Å². The fourth-order valence-corrected chi connectivity index (χ4v) is 3.33. The molecular weight excluding hydrogens is 402 g/mol. The van der Waals surface area contributed by atoms with E-state index in [4.69, 9.17) is 11.6 Å². The summed E-state index contributed by atoms with van der Waals surface area (Å²) in [7, 11) is 0. The van der Waals surface area contributed by atoms with Gasteiger partial charge in [0.15, 0.2) is 0 Å². The molecule has 2 heterocycles. The number of benzene rings is 2. The molecule has 0 spiro atoms. The summed E-state index contributed by atoms with van der Waals surface area (Å²) in [6.07, 6.45) is 2.38. The molecule has 0 radical (unpaired) electrons. The Hall–Kier alpha value is -3.45. The number of hydrogen-bond acceptors (Lipinski definition) is 4. The number of nitrogens with zero attached hydrogens (tertiary/aromatic N) is 4. The Morgan fingerprint density at radius 3 is 2.63 bits per heavy atom. The lowest BCUT2D eigenvalue weighted by Crippen LogP contribution is -2.30. The predicted octanol–water partition coefficient (Wildman–Crippen LogP) is 3.72. The maximum Gasteiger partial charge on any atom is 0.293 e. The second-order valence-corrected chi connectivity index (χ2v) is 7.45. The smallest absolute Gasteiger partial charge is 0.293 e. The molecule has 1 N–H and O–H groups in total. The first kappa shape index (κ1) is 19.8. The molecule has 0 aliphatic heterocycles. The third kappa shape index (κ3) is 3.97. The molecule has 0 bridgehead atoms. The highest BCUT2D eigenvalue weighted by Crippen LogP contribution is 2.21. The lowest BCUT2D eigenvalue weighted by Gasteiger charge is -2.09. The van der Waals surface area contributed by atoms with Crippen molar-refractivity contribution in [2.45, 2.75) is 26.8 Å². The topological polar surface area (TPSA) is 81.3 Å². The summed E-state index contributed by atoms with van der Waals surface area (Å²) in [5.74, 6) is -0.366. The second-order valence-electron chi connectivity index (χ2n) is 7.01. The number of amides is 1. The summed E-state index contributed by atoms with van der Waals surface area (Å²) < 4.78 is 2.55. The highest BCUT2D eigenvalue weighted by Gasteiger charge is 2.13. The van der Waals surface area contributed by atoms with Crippen LogP contribution in [0.4, 0.5) is 5.69 Å². The van der Waals surface area contributed by atoms with E-state index in [0.717, 1.165) is 22.2 Å². The van der Waals surface area contributed by atoms with E-state index in [2.05, 4.69) is 22.4 Å². The first-order valence-electron chi connectivity index (χ1n) is 9.55. The molecule has 1 amide bonds. The molecule has 8 heteroatoms. The van der Waals surface area contributed by atoms with Crippen LogP contribution in [-0.2, 0) is 17.8 Å². The van der Waals surface area contributed by atoms with Crippen LogP contribution in [0, 0.1) is 6.92 Å². The van der Waals surface area contributed by atoms with Crippen molar-refractivity contribution in [3.63, 3.8) is 0 Å². The first-order chi connectivity index (χ1) is 14.4. The molecule has 152 valence electrons. The number of nitrogens with one attached hydrogen (secondary N) is 1. The van der Waals surface area contributed by atoms with Gasteiger partial charge in [-0.15, -0.1) is 0 Å². The van der Waals surface area contributed by atoms with Gasteiger partial charge in [-0.05, 0) is 42.7 Å². The van der Waals surface area contributed by atoms with Crippen molar-refractivity contribution in [1.29, 1.82) is 0 Å². The average molecular weight is 422 g/mol. The fourth-order valence-electron chi connectivity index (χ4n) is 3.16. The largest absolute Gasteiger partial charge is 0.324 e. The monoisotopic (exact) mass is 421 g/mol. The Morgan fingerprint density at radius 2 is 1.90 bits per heavy atom. The Bertz CT molecular complexity index is 1290. The van der Waals surface area contributed by atoms with Crippen molar-refractivity contribution in [3.05, 3.63) is 81.4 Å². The number of halogens is 1. The number of carbonyl (C=O) groups excluding carboxylic acids is 1. The van der Waals surface area contributed by atoms with Crippen LogP contribution in [0.25, 0.3) is 16.8 Å². The van der Waals surface area contributed by atoms with Gasteiger partial charge in [-0.1, -0.05) is 48.9 Å². The first-order valence-corrected chi connectivity index (χ1v) is 9.93. The predicted molar refractivity (Wildman–Crippen MR) is 117 cm³/mol. The quantitative estimate of drug-likeness (QED) is 0.532. The molecule has 0 saturated carbocycles. The molecule has 0 saturated heterocycles. The maximum absolute atomic E-state index is 12.8. The number of aryl methyl sites for hydroxylation is 2. The van der Waals surface area contributed by atoms with Gasteiger partial charge in [-0.2, -0.15) is 10.2 Å². The van der Waals surface area contributed by atoms with E-state index in [9.17, 15) is 9.59 Å². The molecule has 0 aliphatic rings. The van der Waals surface area contributed by atoms with Crippen molar-refractivity contribution in [1.82, 2.24) is 19.4 Å². The summed E-state index contributed by atoms with van der Waals surface area (Å²) in [6, 6.07) is 15.0. The Balaban J connectivity index is 1.59. The van der Waals surface area contributed by atoms with E-state index in [1.807, 2.05) is 37.3 Å². The van der Waals surface area contributed by atoms with Gasteiger partial charge in [0.1, 0.15) is 18.4 Å². The van der Waals surface area contributed by atoms with Crippen LogP contribution in [0.15, 0.2) is 59.7 Å². The second kappa shape index (κ2) is 8.12. The Morgan fingerprint density at radius 1 is 1.13 bits per heavy atom. The van der Waals surface area contributed by atoms with Crippen molar-refractivity contribution >= 4 is 28.7 Å². The van der Waals surface area contributed by atoms with Crippen molar-refractivity contribution in [3.8, 4) is 11.3 Å². The minimum Gasteiger partial charge on any atom is -0.324 e. The standard InChI is InChI=1S/C22H20ClN5O2/c1-3-15-5-7-16(8-6-15)19-11-20-22(30)27(24-13-28(20)26-19)12-21(29)25-18-10-17(23)9-4-14(18)2/h4-11,13H,3,12H2,1-2H3,(H,25,29). The Kier molecular flexibility index (Phi) is 5.37.